The number of aryl methyl sites for hydroxylation is 1. The van der Waals surface area contributed by atoms with Crippen LogP contribution in [-0.2, 0) is 0 Å². The number of hydrogen-bond acceptors (Lipinski definition) is 1. The van der Waals surface area contributed by atoms with Crippen LogP contribution in [0.4, 0.5) is 0 Å². The molecule has 0 aliphatic carbocycles. The minimum Gasteiger partial charge on any atom is -0.388 e. The van der Waals surface area contributed by atoms with E-state index in [1.54, 1.807) is 0 Å². The Morgan fingerprint density at radius 3 is 2.50 bits per heavy atom. The molecule has 0 aliphatic rings. The first-order valence-corrected chi connectivity index (χ1v) is 6.74. The Bertz CT molecular complexity index is 334. The van der Waals surface area contributed by atoms with E-state index < -0.39 is 0 Å². The molecule has 0 fully saturated rings. The first kappa shape index (κ1) is 13.7. The monoisotopic (exact) mass is 284 g/mol. The molecule has 0 aromatic heterocycles. The quantitative estimate of drug-likeness (QED) is 0.837. The third kappa shape index (κ3) is 4.26. The average Bonchev–Trinajstić information content (AvgIpc) is 2.21. The topological polar surface area (TPSA) is 20.2 Å². The van der Waals surface area contributed by atoms with Crippen LogP contribution in [0.1, 0.15) is 50.3 Å². The Morgan fingerprint density at radius 1 is 1.25 bits per heavy atom. The molecule has 0 saturated heterocycles. The molecule has 0 bridgehead atoms. The zero-order valence-electron chi connectivity index (χ0n) is 10.3. The summed E-state index contributed by atoms with van der Waals surface area (Å²) in [6.07, 6.45) is 2.82. The van der Waals surface area contributed by atoms with Crippen molar-refractivity contribution in [1.82, 2.24) is 0 Å². The molecule has 16 heavy (non-hydrogen) atoms. The van der Waals surface area contributed by atoms with Gasteiger partial charge in [0.2, 0.25) is 0 Å². The third-order valence-electron chi connectivity index (χ3n) is 2.83. The minimum absolute atomic E-state index is 0.314. The predicted molar refractivity (Wildman–Crippen MR) is 72.5 cm³/mol. The summed E-state index contributed by atoms with van der Waals surface area (Å²) in [6, 6.07) is 6.07. The lowest BCUT2D eigenvalue weighted by Gasteiger charge is -2.13. The van der Waals surface area contributed by atoms with Crippen LogP contribution in [0, 0.1) is 12.8 Å². The minimum atomic E-state index is -0.314. The number of hydrogen-bond donors (Lipinski definition) is 1. The van der Waals surface area contributed by atoms with Crippen LogP contribution in [0.3, 0.4) is 0 Å². The molecular formula is C14H21BrO. The van der Waals surface area contributed by atoms with Crippen LogP contribution in [0.15, 0.2) is 22.7 Å². The van der Waals surface area contributed by atoms with Crippen LogP contribution < -0.4 is 0 Å². The van der Waals surface area contributed by atoms with E-state index >= 15 is 0 Å². The third-order valence-corrected chi connectivity index (χ3v) is 3.72. The molecule has 0 heterocycles. The van der Waals surface area contributed by atoms with Gasteiger partial charge in [0.25, 0.3) is 0 Å². The Labute approximate surface area is 107 Å². The van der Waals surface area contributed by atoms with E-state index in [-0.39, 0.29) is 6.10 Å². The maximum absolute atomic E-state index is 10.0. The molecule has 0 amide bonds. The van der Waals surface area contributed by atoms with Crippen LogP contribution in [-0.4, -0.2) is 5.11 Å². The molecule has 1 atom stereocenters. The van der Waals surface area contributed by atoms with Crippen LogP contribution in [0.5, 0.6) is 0 Å². The normalized spacial score (nSPS) is 13.1. The molecule has 0 spiro atoms. The number of halogens is 1. The van der Waals surface area contributed by atoms with E-state index in [2.05, 4.69) is 42.8 Å². The highest BCUT2D eigenvalue weighted by Crippen LogP contribution is 2.24. The van der Waals surface area contributed by atoms with Crippen molar-refractivity contribution in [3.8, 4) is 0 Å². The lowest BCUT2D eigenvalue weighted by atomic mass is 9.99. The number of aliphatic hydroxyl groups is 1. The highest BCUT2D eigenvalue weighted by atomic mass is 79.9. The van der Waals surface area contributed by atoms with Crippen molar-refractivity contribution < 1.29 is 5.11 Å². The molecule has 0 unspecified atom stereocenters. The van der Waals surface area contributed by atoms with Gasteiger partial charge >= 0.3 is 0 Å². The largest absolute Gasteiger partial charge is 0.388 e. The number of rotatable bonds is 5. The lowest BCUT2D eigenvalue weighted by Crippen LogP contribution is -1.99. The molecular weight excluding hydrogens is 264 g/mol. The molecule has 1 nitrogen and oxygen atoms in total. The smallest absolute Gasteiger partial charge is 0.0790 e. The van der Waals surface area contributed by atoms with Gasteiger partial charge < -0.3 is 5.11 Å². The molecule has 1 rings (SSSR count). The van der Waals surface area contributed by atoms with Gasteiger partial charge in [0, 0.05) is 4.47 Å². The van der Waals surface area contributed by atoms with Gasteiger partial charge in [-0.25, -0.2) is 0 Å². The first-order valence-electron chi connectivity index (χ1n) is 5.95. The summed E-state index contributed by atoms with van der Waals surface area (Å²) in [5.74, 6) is 0.721. The summed E-state index contributed by atoms with van der Waals surface area (Å²) in [7, 11) is 0. The highest BCUT2D eigenvalue weighted by molar-refractivity contribution is 9.10. The van der Waals surface area contributed by atoms with Gasteiger partial charge in [0.1, 0.15) is 0 Å². The summed E-state index contributed by atoms with van der Waals surface area (Å²) < 4.78 is 1.10. The number of aliphatic hydroxyl groups excluding tert-OH is 1. The maximum Gasteiger partial charge on any atom is 0.0790 e. The second-order valence-corrected chi connectivity index (χ2v) is 5.70. The fraction of sp³-hybridized carbons (Fsp3) is 0.571. The van der Waals surface area contributed by atoms with Crippen LogP contribution in [0.25, 0.3) is 0 Å². The Morgan fingerprint density at radius 2 is 1.94 bits per heavy atom. The molecule has 1 N–H and O–H groups in total. The van der Waals surface area contributed by atoms with Crippen molar-refractivity contribution in [2.75, 3.05) is 0 Å². The summed E-state index contributed by atoms with van der Waals surface area (Å²) in [5, 5.41) is 10.0. The van der Waals surface area contributed by atoms with E-state index in [0.29, 0.717) is 0 Å². The van der Waals surface area contributed by atoms with E-state index in [1.165, 1.54) is 12.0 Å². The lowest BCUT2D eigenvalue weighted by molar-refractivity contribution is 0.162. The second kappa shape index (κ2) is 6.41. The average molecular weight is 285 g/mol. The zero-order chi connectivity index (χ0) is 12.1. The molecule has 1 aromatic rings. The van der Waals surface area contributed by atoms with E-state index in [9.17, 15) is 5.11 Å². The molecule has 0 saturated carbocycles. The van der Waals surface area contributed by atoms with Crippen LogP contribution in [0.2, 0.25) is 0 Å². The van der Waals surface area contributed by atoms with Crippen molar-refractivity contribution in [1.29, 1.82) is 0 Å². The SMILES string of the molecule is Cc1cc([C@H](O)CCCC(C)C)ccc1Br. The van der Waals surface area contributed by atoms with Gasteiger partial charge in [-0.05, 0) is 36.5 Å². The summed E-state index contributed by atoms with van der Waals surface area (Å²) >= 11 is 3.47. The highest BCUT2D eigenvalue weighted by Gasteiger charge is 2.08. The standard InChI is InChI=1S/C14H21BrO/c1-10(2)5-4-6-14(16)12-7-8-13(15)11(3)9-12/h7-10,14,16H,4-6H2,1-3H3/t14-/m1/s1. The van der Waals surface area contributed by atoms with Crippen LogP contribution >= 0.6 is 15.9 Å². The van der Waals surface area contributed by atoms with Gasteiger partial charge in [-0.2, -0.15) is 0 Å². The number of benzene rings is 1. The van der Waals surface area contributed by atoms with Gasteiger partial charge in [0.15, 0.2) is 0 Å². The summed E-state index contributed by atoms with van der Waals surface area (Å²) in [6.45, 7) is 6.49. The van der Waals surface area contributed by atoms with Gasteiger partial charge in [0.05, 0.1) is 6.10 Å². The summed E-state index contributed by atoms with van der Waals surface area (Å²) in [4.78, 5) is 0. The molecule has 90 valence electrons. The zero-order valence-corrected chi connectivity index (χ0v) is 11.9. The van der Waals surface area contributed by atoms with Crippen molar-refractivity contribution in [2.24, 2.45) is 5.92 Å². The second-order valence-electron chi connectivity index (χ2n) is 4.85. The van der Waals surface area contributed by atoms with E-state index in [4.69, 9.17) is 0 Å². The first-order chi connectivity index (χ1) is 7.50. The van der Waals surface area contributed by atoms with Crippen molar-refractivity contribution in [3.05, 3.63) is 33.8 Å². The summed E-state index contributed by atoms with van der Waals surface area (Å²) in [5.41, 5.74) is 2.21. The van der Waals surface area contributed by atoms with Gasteiger partial charge in [-0.15, -0.1) is 0 Å². The Balaban J connectivity index is 2.52. The predicted octanol–water partition coefficient (Wildman–Crippen LogP) is 4.62. The van der Waals surface area contributed by atoms with Gasteiger partial charge in [-0.3, -0.25) is 0 Å². The van der Waals surface area contributed by atoms with E-state index in [0.717, 1.165) is 28.8 Å². The fourth-order valence-corrected chi connectivity index (χ4v) is 2.01. The molecule has 0 radical (unpaired) electrons. The molecule has 2 heteroatoms. The Kier molecular flexibility index (Phi) is 5.50. The van der Waals surface area contributed by atoms with Crippen molar-refractivity contribution in [2.45, 2.75) is 46.1 Å². The maximum atomic E-state index is 10.0. The van der Waals surface area contributed by atoms with Crippen molar-refractivity contribution in [3.63, 3.8) is 0 Å². The molecule has 1 aromatic carbocycles. The Hall–Kier alpha value is -0.340. The fourth-order valence-electron chi connectivity index (χ4n) is 1.76. The van der Waals surface area contributed by atoms with E-state index in [1.807, 2.05) is 12.1 Å². The van der Waals surface area contributed by atoms with Gasteiger partial charge in [-0.1, -0.05) is 54.8 Å². The van der Waals surface area contributed by atoms with Crippen molar-refractivity contribution >= 4 is 15.9 Å². The molecule has 0 aliphatic heterocycles.